The van der Waals surface area contributed by atoms with Gasteiger partial charge in [0, 0.05) is 11.6 Å². The molecule has 0 aliphatic carbocycles. The van der Waals surface area contributed by atoms with E-state index in [-0.39, 0.29) is 30.9 Å². The number of hydrogen-bond acceptors (Lipinski definition) is 6. The molecule has 0 saturated heterocycles. The van der Waals surface area contributed by atoms with Gasteiger partial charge in [0.15, 0.2) is 0 Å². The molecule has 0 aromatic heterocycles. The second-order valence-corrected chi connectivity index (χ2v) is 6.69. The number of carbonyl (C=O) groups is 2. The van der Waals surface area contributed by atoms with Crippen molar-refractivity contribution in [2.24, 2.45) is 0 Å². The van der Waals surface area contributed by atoms with E-state index in [9.17, 15) is 18.4 Å². The lowest BCUT2D eigenvalue weighted by molar-refractivity contribution is -0.125. The van der Waals surface area contributed by atoms with Crippen LogP contribution in [0.2, 0.25) is 0 Å². The number of aliphatic hydroxyl groups excluding tert-OH is 1. The third-order valence-electron chi connectivity index (χ3n) is 4.37. The fourth-order valence-electron chi connectivity index (χ4n) is 2.73. The Balaban J connectivity index is 2.13. The lowest BCUT2D eigenvalue weighted by atomic mass is 10.0. The summed E-state index contributed by atoms with van der Waals surface area (Å²) in [4.78, 5) is 23.7. The highest BCUT2D eigenvalue weighted by molar-refractivity contribution is 5.91. The number of aliphatic hydroxyl groups is 1. The molecule has 10 heteroatoms. The number of rotatable bonds is 10. The van der Waals surface area contributed by atoms with Crippen LogP contribution >= 0.6 is 0 Å². The van der Waals surface area contributed by atoms with Crippen molar-refractivity contribution in [1.82, 2.24) is 5.48 Å². The number of halogens is 2. The molecule has 0 saturated carbocycles. The molecule has 2 aromatic rings. The van der Waals surface area contributed by atoms with E-state index < -0.39 is 29.7 Å². The largest absolute Gasteiger partial charge is 0.491 e. The standard InChI is InChI=1S/C22H24F2N2O6/c1-14(21(28)26-30)3-2-4-20(15-5-8-17(9-6-15)31-12-11-27)32-22(29)25-19-10-7-16(23)13-18(19)24/h3,5-10,13,20,27,30H,2,4,11-12H2,1H3,(H,25,29)(H,26,28)/b14-3+/t20-/m0/s1. The van der Waals surface area contributed by atoms with Crippen LogP contribution in [-0.4, -0.2) is 35.5 Å². The van der Waals surface area contributed by atoms with Crippen molar-refractivity contribution in [1.29, 1.82) is 0 Å². The molecule has 2 amide bonds. The van der Waals surface area contributed by atoms with Gasteiger partial charge in [-0.15, -0.1) is 0 Å². The second-order valence-electron chi connectivity index (χ2n) is 6.69. The summed E-state index contributed by atoms with van der Waals surface area (Å²) >= 11 is 0. The summed E-state index contributed by atoms with van der Waals surface area (Å²) in [6.45, 7) is 1.50. The minimum Gasteiger partial charge on any atom is -0.491 e. The first-order chi connectivity index (χ1) is 15.3. The molecule has 0 spiro atoms. The predicted octanol–water partition coefficient (Wildman–Crippen LogP) is 3.86. The maximum absolute atomic E-state index is 13.8. The highest BCUT2D eigenvalue weighted by atomic mass is 19.1. The minimum absolute atomic E-state index is 0.127. The van der Waals surface area contributed by atoms with Gasteiger partial charge < -0.3 is 14.6 Å². The van der Waals surface area contributed by atoms with Crippen LogP contribution in [0.1, 0.15) is 31.4 Å². The second kappa shape index (κ2) is 12.4. The van der Waals surface area contributed by atoms with Gasteiger partial charge in [-0.1, -0.05) is 18.2 Å². The first kappa shape index (κ1) is 24.8. The first-order valence-corrected chi connectivity index (χ1v) is 9.71. The Morgan fingerprint density at radius 2 is 1.88 bits per heavy atom. The van der Waals surface area contributed by atoms with Gasteiger partial charge in [0.05, 0.1) is 12.3 Å². The van der Waals surface area contributed by atoms with E-state index in [1.54, 1.807) is 30.3 Å². The molecule has 172 valence electrons. The van der Waals surface area contributed by atoms with E-state index in [0.717, 1.165) is 12.1 Å². The van der Waals surface area contributed by atoms with Gasteiger partial charge in [0.1, 0.15) is 30.1 Å². The molecular weight excluding hydrogens is 426 g/mol. The molecule has 4 N–H and O–H groups in total. The number of benzene rings is 2. The van der Waals surface area contributed by atoms with Crippen molar-refractivity contribution in [2.75, 3.05) is 18.5 Å². The lowest BCUT2D eigenvalue weighted by Crippen LogP contribution is -2.19. The number of amides is 2. The molecule has 0 radical (unpaired) electrons. The van der Waals surface area contributed by atoms with E-state index in [1.165, 1.54) is 12.4 Å². The van der Waals surface area contributed by atoms with Crippen LogP contribution in [0.25, 0.3) is 0 Å². The zero-order chi connectivity index (χ0) is 23.5. The number of hydroxylamine groups is 1. The Morgan fingerprint density at radius 3 is 2.50 bits per heavy atom. The van der Waals surface area contributed by atoms with Gasteiger partial charge in [-0.05, 0) is 49.6 Å². The van der Waals surface area contributed by atoms with E-state index in [1.807, 2.05) is 0 Å². The Bertz CT molecular complexity index is 950. The van der Waals surface area contributed by atoms with Crippen LogP contribution in [0.3, 0.4) is 0 Å². The van der Waals surface area contributed by atoms with Crippen LogP contribution < -0.4 is 15.5 Å². The van der Waals surface area contributed by atoms with Crippen LogP contribution in [0.5, 0.6) is 5.75 Å². The topological polar surface area (TPSA) is 117 Å². The molecule has 2 aromatic carbocycles. The van der Waals surface area contributed by atoms with E-state index >= 15 is 0 Å². The number of ether oxygens (including phenoxy) is 2. The van der Waals surface area contributed by atoms with E-state index in [4.69, 9.17) is 19.8 Å². The molecule has 1 atom stereocenters. The first-order valence-electron chi connectivity index (χ1n) is 9.71. The zero-order valence-electron chi connectivity index (χ0n) is 17.3. The van der Waals surface area contributed by atoms with E-state index in [0.29, 0.717) is 23.8 Å². The maximum Gasteiger partial charge on any atom is 0.412 e. The highest BCUT2D eigenvalue weighted by Crippen LogP contribution is 2.27. The van der Waals surface area contributed by atoms with Gasteiger partial charge in [0.25, 0.3) is 5.91 Å². The number of carbonyl (C=O) groups excluding carboxylic acids is 2. The SMILES string of the molecule is C/C(=C\CC[C@H](OC(=O)Nc1ccc(F)cc1F)c1ccc(OCCO)cc1)C(=O)NO. The molecule has 0 aliphatic rings. The third kappa shape index (κ3) is 7.64. The fourth-order valence-corrected chi connectivity index (χ4v) is 2.73. The van der Waals surface area contributed by atoms with E-state index in [2.05, 4.69) is 5.32 Å². The number of anilines is 1. The van der Waals surface area contributed by atoms with Crippen molar-refractivity contribution in [2.45, 2.75) is 25.9 Å². The van der Waals surface area contributed by atoms with Crippen LogP contribution in [0.15, 0.2) is 54.1 Å². The molecule has 0 unspecified atom stereocenters. The summed E-state index contributed by atoms with van der Waals surface area (Å²) in [5.74, 6) is -1.87. The van der Waals surface area contributed by atoms with Gasteiger partial charge in [-0.25, -0.2) is 19.1 Å². The minimum atomic E-state index is -0.949. The summed E-state index contributed by atoms with van der Waals surface area (Å²) in [5.41, 5.74) is 2.17. The molecule has 2 rings (SSSR count). The molecule has 0 heterocycles. The molecule has 0 aliphatic heterocycles. The Labute approximate surface area is 183 Å². The monoisotopic (exact) mass is 450 g/mol. The smallest absolute Gasteiger partial charge is 0.412 e. The summed E-state index contributed by atoms with van der Waals surface area (Å²) < 4.78 is 37.6. The average molecular weight is 450 g/mol. The van der Waals surface area contributed by atoms with Gasteiger partial charge in [-0.2, -0.15) is 0 Å². The van der Waals surface area contributed by atoms with Crippen molar-refractivity contribution < 1.29 is 38.2 Å². The zero-order valence-corrected chi connectivity index (χ0v) is 17.3. The van der Waals surface area contributed by atoms with Crippen molar-refractivity contribution in [3.05, 3.63) is 71.3 Å². The number of hydrogen-bond donors (Lipinski definition) is 4. The van der Waals surface area contributed by atoms with Gasteiger partial charge in [0.2, 0.25) is 0 Å². The van der Waals surface area contributed by atoms with Crippen molar-refractivity contribution in [3.8, 4) is 5.75 Å². The summed E-state index contributed by atoms with van der Waals surface area (Å²) in [7, 11) is 0. The Morgan fingerprint density at radius 1 is 1.16 bits per heavy atom. The number of allylic oxidation sites excluding steroid dienone is 1. The Kier molecular flexibility index (Phi) is 9.58. The summed E-state index contributed by atoms with van der Waals surface area (Å²) in [6, 6.07) is 9.32. The van der Waals surface area contributed by atoms with Gasteiger partial charge >= 0.3 is 6.09 Å². The fraction of sp³-hybridized carbons (Fsp3) is 0.273. The third-order valence-corrected chi connectivity index (χ3v) is 4.37. The average Bonchev–Trinajstić information content (AvgIpc) is 2.78. The predicted molar refractivity (Wildman–Crippen MR) is 111 cm³/mol. The quantitative estimate of drug-likeness (QED) is 0.248. The van der Waals surface area contributed by atoms with Crippen molar-refractivity contribution in [3.63, 3.8) is 0 Å². The maximum atomic E-state index is 13.8. The molecule has 32 heavy (non-hydrogen) atoms. The summed E-state index contributed by atoms with van der Waals surface area (Å²) in [5, 5.41) is 19.8. The number of nitrogens with one attached hydrogen (secondary N) is 2. The molecule has 8 nitrogen and oxygen atoms in total. The van der Waals surface area contributed by atoms with Crippen LogP contribution in [-0.2, 0) is 9.53 Å². The molecule has 0 fully saturated rings. The Hall–Kier alpha value is -3.50. The highest BCUT2D eigenvalue weighted by Gasteiger charge is 2.18. The normalized spacial score (nSPS) is 12.1. The molecule has 0 bridgehead atoms. The summed E-state index contributed by atoms with van der Waals surface area (Å²) in [6.07, 6.45) is 0.441. The molecular formula is C22H24F2N2O6. The lowest BCUT2D eigenvalue weighted by Gasteiger charge is -2.19. The van der Waals surface area contributed by atoms with Gasteiger partial charge in [-0.3, -0.25) is 15.3 Å². The van der Waals surface area contributed by atoms with Crippen LogP contribution in [0, 0.1) is 11.6 Å². The van der Waals surface area contributed by atoms with Crippen LogP contribution in [0.4, 0.5) is 19.3 Å². The van der Waals surface area contributed by atoms with Crippen molar-refractivity contribution >= 4 is 17.7 Å².